The summed E-state index contributed by atoms with van der Waals surface area (Å²) in [5.41, 5.74) is 1.13. The third-order valence-electron chi connectivity index (χ3n) is 2.45. The first-order valence-electron chi connectivity index (χ1n) is 5.24. The van der Waals surface area contributed by atoms with Crippen LogP contribution in [0.4, 0.5) is 11.4 Å². The Labute approximate surface area is 103 Å². The van der Waals surface area contributed by atoms with Gasteiger partial charge in [0.1, 0.15) is 0 Å². The van der Waals surface area contributed by atoms with Crippen molar-refractivity contribution >= 4 is 23.0 Å². The van der Waals surface area contributed by atoms with Crippen LogP contribution in [-0.2, 0) is 9.53 Å². The van der Waals surface area contributed by atoms with Gasteiger partial charge in [0.15, 0.2) is 0 Å². The van der Waals surface area contributed by atoms with E-state index in [0.717, 1.165) is 0 Å². The number of hydrogen-bond acceptors (Lipinski definition) is 5. The first-order valence-corrected chi connectivity index (χ1v) is 5.24. The van der Waals surface area contributed by atoms with Crippen LogP contribution in [0.2, 0.25) is 0 Å². The number of non-ortho nitro benzene ring substituents is 1. The van der Waals surface area contributed by atoms with Crippen molar-refractivity contribution in [1.82, 2.24) is 0 Å². The standard InChI is InChI=1S/C11H11N3O4/c1-18-7-8-6-11(15)13(12-8)9-2-4-10(5-3-9)14(16)17/h2-5H,6-7H2,1H3. The molecule has 0 atom stereocenters. The van der Waals surface area contributed by atoms with E-state index in [0.29, 0.717) is 18.0 Å². The molecule has 0 saturated carbocycles. The minimum atomic E-state index is -0.491. The molecule has 1 aromatic carbocycles. The molecule has 7 nitrogen and oxygen atoms in total. The summed E-state index contributed by atoms with van der Waals surface area (Å²) in [5.74, 6) is -0.170. The highest BCUT2D eigenvalue weighted by molar-refractivity contribution is 6.13. The smallest absolute Gasteiger partial charge is 0.269 e. The predicted molar refractivity (Wildman–Crippen MR) is 64.5 cm³/mol. The Morgan fingerprint density at radius 2 is 2.11 bits per heavy atom. The Kier molecular flexibility index (Phi) is 3.33. The van der Waals surface area contributed by atoms with Gasteiger partial charge in [-0.1, -0.05) is 0 Å². The molecule has 18 heavy (non-hydrogen) atoms. The highest BCUT2D eigenvalue weighted by Crippen LogP contribution is 2.23. The number of nitro benzene ring substituents is 1. The molecule has 0 N–H and O–H groups in total. The molecule has 0 aromatic heterocycles. The van der Waals surface area contributed by atoms with E-state index in [4.69, 9.17) is 4.74 Å². The number of amides is 1. The molecule has 7 heteroatoms. The molecule has 0 radical (unpaired) electrons. The van der Waals surface area contributed by atoms with Crippen LogP contribution in [0.15, 0.2) is 29.4 Å². The number of carbonyl (C=O) groups is 1. The number of hydrazone groups is 1. The lowest BCUT2D eigenvalue weighted by atomic mass is 10.2. The summed E-state index contributed by atoms with van der Waals surface area (Å²) < 4.78 is 4.91. The van der Waals surface area contributed by atoms with E-state index in [-0.39, 0.29) is 18.0 Å². The van der Waals surface area contributed by atoms with Crippen molar-refractivity contribution in [2.24, 2.45) is 5.10 Å². The predicted octanol–water partition coefficient (Wildman–Crippen LogP) is 1.33. The maximum absolute atomic E-state index is 11.7. The molecule has 1 aromatic rings. The SMILES string of the molecule is COCC1=NN(c2ccc([N+](=O)[O-])cc2)C(=O)C1. The topological polar surface area (TPSA) is 85.0 Å². The Balaban J connectivity index is 2.21. The molecule has 0 saturated heterocycles. The highest BCUT2D eigenvalue weighted by Gasteiger charge is 2.25. The van der Waals surface area contributed by atoms with Gasteiger partial charge in [-0.15, -0.1) is 0 Å². The van der Waals surface area contributed by atoms with Crippen molar-refractivity contribution in [3.63, 3.8) is 0 Å². The van der Waals surface area contributed by atoms with Gasteiger partial charge in [-0.2, -0.15) is 5.10 Å². The largest absolute Gasteiger partial charge is 0.379 e. The fraction of sp³-hybridized carbons (Fsp3) is 0.273. The van der Waals surface area contributed by atoms with E-state index in [1.54, 1.807) is 0 Å². The zero-order valence-corrected chi connectivity index (χ0v) is 9.70. The van der Waals surface area contributed by atoms with Gasteiger partial charge in [-0.25, -0.2) is 5.01 Å². The monoisotopic (exact) mass is 249 g/mol. The van der Waals surface area contributed by atoms with Gasteiger partial charge in [0.05, 0.1) is 29.4 Å². The minimum absolute atomic E-state index is 0.0218. The van der Waals surface area contributed by atoms with Crippen LogP contribution in [-0.4, -0.2) is 30.3 Å². The van der Waals surface area contributed by atoms with E-state index in [2.05, 4.69) is 5.10 Å². The summed E-state index contributed by atoms with van der Waals surface area (Å²) in [6, 6.07) is 5.67. The first-order chi connectivity index (χ1) is 8.61. The molecular weight excluding hydrogens is 238 g/mol. The summed E-state index contributed by atoms with van der Waals surface area (Å²) in [7, 11) is 1.53. The minimum Gasteiger partial charge on any atom is -0.379 e. The van der Waals surface area contributed by atoms with Crippen molar-refractivity contribution in [2.75, 3.05) is 18.7 Å². The second-order valence-electron chi connectivity index (χ2n) is 3.76. The van der Waals surface area contributed by atoms with Gasteiger partial charge in [0.25, 0.3) is 11.6 Å². The fourth-order valence-electron chi connectivity index (χ4n) is 1.65. The van der Waals surface area contributed by atoms with Gasteiger partial charge < -0.3 is 4.74 Å². The van der Waals surface area contributed by atoms with Crippen LogP contribution in [0.25, 0.3) is 0 Å². The molecule has 94 valence electrons. The van der Waals surface area contributed by atoms with Crippen LogP contribution < -0.4 is 5.01 Å². The number of benzene rings is 1. The van der Waals surface area contributed by atoms with Crippen LogP contribution in [0.1, 0.15) is 6.42 Å². The molecule has 1 aliphatic rings. The summed E-state index contributed by atoms with van der Waals surface area (Å²) in [5, 5.41) is 15.9. The van der Waals surface area contributed by atoms with Gasteiger partial charge in [0, 0.05) is 19.2 Å². The lowest BCUT2D eigenvalue weighted by Gasteiger charge is -2.10. The molecule has 0 bridgehead atoms. The Bertz CT molecular complexity index is 510. The number of anilines is 1. The second kappa shape index (κ2) is 4.92. The van der Waals surface area contributed by atoms with Gasteiger partial charge in [0.2, 0.25) is 0 Å². The quantitative estimate of drug-likeness (QED) is 0.595. The van der Waals surface area contributed by atoms with Crippen LogP contribution in [0.3, 0.4) is 0 Å². The van der Waals surface area contributed by atoms with Gasteiger partial charge >= 0.3 is 0 Å². The van der Waals surface area contributed by atoms with Crippen LogP contribution in [0, 0.1) is 10.1 Å². The average Bonchev–Trinajstić information content (AvgIpc) is 2.71. The molecule has 1 aliphatic heterocycles. The van der Waals surface area contributed by atoms with Crippen LogP contribution >= 0.6 is 0 Å². The number of ether oxygens (including phenoxy) is 1. The zero-order valence-electron chi connectivity index (χ0n) is 9.70. The maximum atomic E-state index is 11.7. The molecule has 0 spiro atoms. The van der Waals surface area contributed by atoms with Crippen molar-refractivity contribution in [1.29, 1.82) is 0 Å². The molecule has 0 aliphatic carbocycles. The van der Waals surface area contributed by atoms with E-state index < -0.39 is 4.92 Å². The summed E-state index contributed by atoms with van der Waals surface area (Å²) >= 11 is 0. The number of carbonyl (C=O) groups excluding carboxylic acids is 1. The number of rotatable bonds is 4. The van der Waals surface area contributed by atoms with Crippen molar-refractivity contribution in [3.8, 4) is 0 Å². The second-order valence-corrected chi connectivity index (χ2v) is 3.76. The Hall–Kier alpha value is -2.28. The molecular formula is C11H11N3O4. The third-order valence-corrected chi connectivity index (χ3v) is 2.45. The Morgan fingerprint density at radius 3 is 2.67 bits per heavy atom. The van der Waals surface area contributed by atoms with Crippen molar-refractivity contribution in [3.05, 3.63) is 34.4 Å². The van der Waals surface area contributed by atoms with E-state index >= 15 is 0 Å². The third kappa shape index (κ3) is 2.35. The lowest BCUT2D eigenvalue weighted by Crippen LogP contribution is -2.19. The number of nitrogens with zero attached hydrogens (tertiary/aromatic N) is 3. The molecule has 0 fully saturated rings. The molecule has 1 heterocycles. The summed E-state index contributed by atoms with van der Waals surface area (Å²) in [6.45, 7) is 0.301. The summed E-state index contributed by atoms with van der Waals surface area (Å²) in [6.07, 6.45) is 0.213. The lowest BCUT2D eigenvalue weighted by molar-refractivity contribution is -0.384. The molecule has 0 unspecified atom stereocenters. The molecule has 2 rings (SSSR count). The number of methoxy groups -OCH3 is 1. The number of hydrogen-bond donors (Lipinski definition) is 0. The van der Waals surface area contributed by atoms with Crippen LogP contribution in [0.5, 0.6) is 0 Å². The first kappa shape index (κ1) is 12.2. The van der Waals surface area contributed by atoms with E-state index in [9.17, 15) is 14.9 Å². The van der Waals surface area contributed by atoms with Gasteiger partial charge in [-0.05, 0) is 12.1 Å². The van der Waals surface area contributed by atoms with E-state index in [1.165, 1.54) is 36.4 Å². The highest BCUT2D eigenvalue weighted by atomic mass is 16.6. The fourth-order valence-corrected chi connectivity index (χ4v) is 1.65. The summed E-state index contributed by atoms with van der Waals surface area (Å²) in [4.78, 5) is 21.7. The van der Waals surface area contributed by atoms with Crippen molar-refractivity contribution in [2.45, 2.75) is 6.42 Å². The van der Waals surface area contributed by atoms with Gasteiger partial charge in [-0.3, -0.25) is 14.9 Å². The van der Waals surface area contributed by atoms with Crippen molar-refractivity contribution < 1.29 is 14.5 Å². The normalized spacial score (nSPS) is 14.8. The van der Waals surface area contributed by atoms with E-state index in [1.807, 2.05) is 0 Å². The average molecular weight is 249 g/mol. The maximum Gasteiger partial charge on any atom is 0.269 e. The Morgan fingerprint density at radius 1 is 1.44 bits per heavy atom. The number of nitro groups is 1. The molecule has 1 amide bonds. The zero-order chi connectivity index (χ0) is 13.1.